The van der Waals surface area contributed by atoms with Gasteiger partial charge < -0.3 is 16.4 Å². The number of fused-ring (bicyclic) bond motifs is 1. The van der Waals surface area contributed by atoms with Crippen molar-refractivity contribution in [2.45, 2.75) is 32.2 Å². The summed E-state index contributed by atoms with van der Waals surface area (Å²) in [5, 5.41) is 16.0. The van der Waals surface area contributed by atoms with E-state index in [2.05, 4.69) is 36.6 Å². The van der Waals surface area contributed by atoms with E-state index in [-0.39, 0.29) is 17.5 Å². The molecule has 3 aromatic rings. The predicted molar refractivity (Wildman–Crippen MR) is 102 cm³/mol. The van der Waals surface area contributed by atoms with Crippen LogP contribution in [0.1, 0.15) is 25.1 Å². The molecule has 8 nitrogen and oxygen atoms in total. The molecule has 4 N–H and O–H groups in total. The maximum Gasteiger partial charge on any atom is 0.184 e. The summed E-state index contributed by atoms with van der Waals surface area (Å²) in [5.41, 5.74) is 6.00. The van der Waals surface area contributed by atoms with Crippen LogP contribution >= 0.6 is 11.3 Å². The van der Waals surface area contributed by atoms with Crippen molar-refractivity contribution < 1.29 is 4.39 Å². The van der Waals surface area contributed by atoms with Gasteiger partial charge in [-0.25, -0.2) is 24.3 Å². The molecule has 0 bridgehead atoms. The van der Waals surface area contributed by atoms with Gasteiger partial charge in [-0.2, -0.15) is 5.26 Å². The van der Waals surface area contributed by atoms with Crippen molar-refractivity contribution in [1.82, 2.24) is 19.9 Å². The molecule has 138 valence electrons. The first-order valence-electron chi connectivity index (χ1n) is 8.51. The number of hydrogen-bond donors (Lipinski definition) is 3. The number of nitrogen functional groups attached to an aromatic ring is 1. The summed E-state index contributed by atoms with van der Waals surface area (Å²) < 4.78 is 14.8. The van der Waals surface area contributed by atoms with Gasteiger partial charge in [-0.05, 0) is 26.2 Å². The molecule has 0 spiro atoms. The Hall–Kier alpha value is -3.06. The molecular formula is C17H17FN8S. The number of nitrogens with zero attached hydrogens (tertiary/aromatic N) is 5. The SMILES string of the molecule is Cc1nc(N)cc(Nc2ncc(F)c3nc(NC4CCC(C#N)C4)sc23)n1. The molecule has 2 atom stereocenters. The first-order valence-corrected chi connectivity index (χ1v) is 9.33. The van der Waals surface area contributed by atoms with E-state index in [1.165, 1.54) is 11.3 Å². The Morgan fingerprint density at radius 3 is 2.93 bits per heavy atom. The molecule has 10 heteroatoms. The minimum Gasteiger partial charge on any atom is -0.384 e. The lowest BCUT2D eigenvalue weighted by atomic mass is 10.1. The molecule has 3 aromatic heterocycles. The smallest absolute Gasteiger partial charge is 0.184 e. The summed E-state index contributed by atoms with van der Waals surface area (Å²) in [4.78, 5) is 16.8. The van der Waals surface area contributed by atoms with E-state index in [0.717, 1.165) is 25.5 Å². The minimum atomic E-state index is -0.487. The molecule has 27 heavy (non-hydrogen) atoms. The lowest BCUT2D eigenvalue weighted by Crippen LogP contribution is -2.15. The molecule has 1 aliphatic carbocycles. The van der Waals surface area contributed by atoms with Crippen LogP contribution in [0, 0.1) is 30.0 Å². The molecule has 0 radical (unpaired) electrons. The van der Waals surface area contributed by atoms with Crippen molar-refractivity contribution in [3.05, 3.63) is 23.9 Å². The number of hydrogen-bond acceptors (Lipinski definition) is 9. The second kappa shape index (κ2) is 6.92. The Bertz CT molecular complexity index is 1020. The third-order valence-electron chi connectivity index (χ3n) is 4.42. The van der Waals surface area contributed by atoms with E-state index in [0.29, 0.717) is 33.1 Å². The molecule has 1 saturated carbocycles. The van der Waals surface area contributed by atoms with E-state index in [4.69, 9.17) is 11.0 Å². The quantitative estimate of drug-likeness (QED) is 0.625. The van der Waals surface area contributed by atoms with Crippen LogP contribution in [0.3, 0.4) is 0 Å². The number of aromatic nitrogens is 4. The standard InChI is InChI=1S/C17H17FN8S/c1-8-22-12(20)5-13(23-8)25-16-15-14(11(18)7-21-16)26-17(27-15)24-10-3-2-9(4-10)6-19/h5,7,9-10H,2-4H2,1H3,(H,24,26)(H3,20,21,22,23,25). The third kappa shape index (κ3) is 3.59. The molecule has 0 aliphatic heterocycles. The van der Waals surface area contributed by atoms with Crippen molar-refractivity contribution >= 4 is 44.1 Å². The Morgan fingerprint density at radius 1 is 1.33 bits per heavy atom. The van der Waals surface area contributed by atoms with Crippen LogP contribution in [0.5, 0.6) is 0 Å². The minimum absolute atomic E-state index is 0.0685. The molecule has 2 unspecified atom stereocenters. The van der Waals surface area contributed by atoms with Gasteiger partial charge in [0.15, 0.2) is 16.8 Å². The molecule has 1 fully saturated rings. The second-order valence-electron chi connectivity index (χ2n) is 6.48. The Morgan fingerprint density at radius 2 is 2.19 bits per heavy atom. The van der Waals surface area contributed by atoms with E-state index in [1.54, 1.807) is 13.0 Å². The number of thiazole rings is 1. The first kappa shape index (κ1) is 17.4. The fourth-order valence-electron chi connectivity index (χ4n) is 3.21. The van der Waals surface area contributed by atoms with Gasteiger partial charge in [0.2, 0.25) is 0 Å². The fraction of sp³-hybridized carbons (Fsp3) is 0.353. The van der Waals surface area contributed by atoms with Gasteiger partial charge in [0.25, 0.3) is 0 Å². The Balaban J connectivity index is 1.63. The lowest BCUT2D eigenvalue weighted by Gasteiger charge is -2.09. The van der Waals surface area contributed by atoms with E-state index in [1.807, 2.05) is 0 Å². The highest BCUT2D eigenvalue weighted by Gasteiger charge is 2.25. The number of nitrogens with one attached hydrogen (secondary N) is 2. The van der Waals surface area contributed by atoms with Crippen LogP contribution in [0.4, 0.5) is 27.0 Å². The van der Waals surface area contributed by atoms with E-state index < -0.39 is 5.82 Å². The van der Waals surface area contributed by atoms with E-state index >= 15 is 0 Å². The number of nitrogens with two attached hydrogens (primary N) is 1. The summed E-state index contributed by atoms with van der Waals surface area (Å²) >= 11 is 1.32. The van der Waals surface area contributed by atoms with Gasteiger partial charge in [0.1, 0.15) is 27.7 Å². The highest BCUT2D eigenvalue weighted by atomic mass is 32.1. The second-order valence-corrected chi connectivity index (χ2v) is 7.48. The van der Waals surface area contributed by atoms with Crippen LogP contribution in [-0.4, -0.2) is 26.0 Å². The highest BCUT2D eigenvalue weighted by Crippen LogP contribution is 2.35. The molecular weight excluding hydrogens is 367 g/mol. The third-order valence-corrected chi connectivity index (χ3v) is 5.42. The van der Waals surface area contributed by atoms with Crippen molar-refractivity contribution in [3.63, 3.8) is 0 Å². The number of pyridine rings is 1. The van der Waals surface area contributed by atoms with Crippen molar-refractivity contribution in [1.29, 1.82) is 5.26 Å². The van der Waals surface area contributed by atoms with Crippen LogP contribution in [0.25, 0.3) is 10.2 Å². The average Bonchev–Trinajstić information content (AvgIpc) is 3.24. The fourth-order valence-corrected chi connectivity index (χ4v) is 4.21. The monoisotopic (exact) mass is 384 g/mol. The molecule has 0 aromatic carbocycles. The molecule has 0 saturated heterocycles. The average molecular weight is 384 g/mol. The van der Waals surface area contributed by atoms with Crippen molar-refractivity contribution in [2.24, 2.45) is 5.92 Å². The normalized spacial score (nSPS) is 19.1. The largest absolute Gasteiger partial charge is 0.384 e. The number of anilines is 4. The predicted octanol–water partition coefficient (Wildman–Crippen LogP) is 3.36. The van der Waals surface area contributed by atoms with Crippen LogP contribution in [-0.2, 0) is 0 Å². The molecule has 1 aliphatic rings. The Labute approximate surface area is 158 Å². The van der Waals surface area contributed by atoms with Crippen molar-refractivity contribution in [3.8, 4) is 6.07 Å². The van der Waals surface area contributed by atoms with Gasteiger partial charge in [-0.3, -0.25) is 0 Å². The van der Waals surface area contributed by atoms with Gasteiger partial charge in [0.05, 0.1) is 12.3 Å². The number of rotatable bonds is 4. The van der Waals surface area contributed by atoms with Gasteiger partial charge in [0, 0.05) is 18.0 Å². The zero-order valence-corrected chi connectivity index (χ0v) is 15.3. The summed E-state index contributed by atoms with van der Waals surface area (Å²) in [6, 6.07) is 4.06. The maximum atomic E-state index is 14.2. The first-order chi connectivity index (χ1) is 13.0. The summed E-state index contributed by atoms with van der Waals surface area (Å²) in [5.74, 6) is 1.38. The molecule has 0 amide bonds. The van der Waals surface area contributed by atoms with Crippen molar-refractivity contribution in [2.75, 3.05) is 16.4 Å². The summed E-state index contributed by atoms with van der Waals surface area (Å²) in [6.45, 7) is 1.74. The molecule has 4 rings (SSSR count). The maximum absolute atomic E-state index is 14.2. The van der Waals surface area contributed by atoms with E-state index in [9.17, 15) is 4.39 Å². The zero-order chi connectivity index (χ0) is 19.0. The van der Waals surface area contributed by atoms with Crippen LogP contribution in [0.15, 0.2) is 12.3 Å². The number of halogens is 1. The van der Waals surface area contributed by atoms with Crippen LogP contribution in [0.2, 0.25) is 0 Å². The van der Waals surface area contributed by atoms with Gasteiger partial charge in [-0.1, -0.05) is 11.3 Å². The number of aryl methyl sites for hydroxylation is 1. The van der Waals surface area contributed by atoms with Crippen LogP contribution < -0.4 is 16.4 Å². The number of nitriles is 1. The summed E-state index contributed by atoms with van der Waals surface area (Å²) in [7, 11) is 0. The Kier molecular flexibility index (Phi) is 4.45. The zero-order valence-electron chi connectivity index (χ0n) is 14.5. The van der Waals surface area contributed by atoms with Gasteiger partial charge >= 0.3 is 0 Å². The molecule has 3 heterocycles. The van der Waals surface area contributed by atoms with Gasteiger partial charge in [-0.15, -0.1) is 0 Å². The topological polar surface area (TPSA) is 125 Å². The lowest BCUT2D eigenvalue weighted by molar-refractivity contribution is 0.631. The highest BCUT2D eigenvalue weighted by molar-refractivity contribution is 7.22. The summed E-state index contributed by atoms with van der Waals surface area (Å²) in [6.07, 6.45) is 3.68.